The summed E-state index contributed by atoms with van der Waals surface area (Å²) in [5, 5.41) is 15.5. The molecule has 4 nitrogen and oxygen atoms in total. The summed E-state index contributed by atoms with van der Waals surface area (Å²) in [6.07, 6.45) is 2.08. The van der Waals surface area contributed by atoms with Crippen LogP contribution in [-0.2, 0) is 12.8 Å². The van der Waals surface area contributed by atoms with Crippen molar-refractivity contribution in [2.24, 2.45) is 0 Å². The molecule has 0 fully saturated rings. The lowest BCUT2D eigenvalue weighted by Gasteiger charge is -2.01. The molecule has 0 radical (unpaired) electrons. The van der Waals surface area contributed by atoms with Crippen LogP contribution in [0.3, 0.4) is 0 Å². The largest absolute Gasteiger partial charge is 0.277 e. The molecule has 158 valence electrons. The van der Waals surface area contributed by atoms with Gasteiger partial charge in [-0.25, -0.2) is 0 Å². The predicted octanol–water partition coefficient (Wildman–Crippen LogP) is 6.93. The van der Waals surface area contributed by atoms with E-state index in [1.54, 1.807) is 0 Å². The molecular formula is C28H26N4. The van der Waals surface area contributed by atoms with E-state index in [9.17, 15) is 0 Å². The molecule has 2 N–H and O–H groups in total. The Hall–Kier alpha value is -3.92. The molecule has 0 saturated heterocycles. The second kappa shape index (κ2) is 8.67. The monoisotopic (exact) mass is 418 g/mol. The van der Waals surface area contributed by atoms with Gasteiger partial charge < -0.3 is 0 Å². The maximum Gasteiger partial charge on any atom is 0.0927 e. The number of hydrogen-bond acceptors (Lipinski definition) is 2. The van der Waals surface area contributed by atoms with Crippen LogP contribution < -0.4 is 0 Å². The summed E-state index contributed by atoms with van der Waals surface area (Å²) < 4.78 is 0. The summed E-state index contributed by atoms with van der Waals surface area (Å²) in [7, 11) is 0. The van der Waals surface area contributed by atoms with Gasteiger partial charge in [-0.15, -0.1) is 0 Å². The standard InChI is InChI=1S/C28H26N4/c1-3-19-8-12-21(13-9-19)25-17-27(31-29-25)23-6-5-7-24(16-23)28-18-26(30-32-28)22-14-10-20(4-2)11-15-22/h5-18H,3-4H2,1-2H3,(H,29,31)(H,30,32). The molecule has 0 amide bonds. The third-order valence-electron chi connectivity index (χ3n) is 5.96. The van der Waals surface area contributed by atoms with Gasteiger partial charge in [0, 0.05) is 11.1 Å². The number of benzene rings is 3. The lowest BCUT2D eigenvalue weighted by atomic mass is 10.0. The minimum absolute atomic E-state index is 0.923. The molecule has 0 aliphatic heterocycles. The fourth-order valence-electron chi connectivity index (χ4n) is 3.91. The third kappa shape index (κ3) is 4.00. The van der Waals surface area contributed by atoms with Crippen molar-refractivity contribution in [2.45, 2.75) is 26.7 Å². The first-order valence-corrected chi connectivity index (χ1v) is 11.1. The van der Waals surface area contributed by atoms with Gasteiger partial charge in [0.25, 0.3) is 0 Å². The zero-order valence-corrected chi connectivity index (χ0v) is 18.4. The number of nitrogens with one attached hydrogen (secondary N) is 2. The van der Waals surface area contributed by atoms with E-state index in [4.69, 9.17) is 0 Å². The number of aromatic nitrogens is 4. The molecule has 32 heavy (non-hydrogen) atoms. The predicted molar refractivity (Wildman–Crippen MR) is 131 cm³/mol. The normalized spacial score (nSPS) is 11.1. The Labute approximate surface area is 188 Å². The second-order valence-corrected chi connectivity index (χ2v) is 8.02. The average molecular weight is 419 g/mol. The number of aryl methyl sites for hydroxylation is 2. The molecule has 3 aromatic carbocycles. The van der Waals surface area contributed by atoms with E-state index in [0.29, 0.717) is 0 Å². The van der Waals surface area contributed by atoms with E-state index >= 15 is 0 Å². The summed E-state index contributed by atoms with van der Waals surface area (Å²) in [6.45, 7) is 4.33. The van der Waals surface area contributed by atoms with Gasteiger partial charge in [0.05, 0.1) is 22.8 Å². The highest BCUT2D eigenvalue weighted by atomic mass is 15.1. The van der Waals surface area contributed by atoms with Gasteiger partial charge in [-0.05, 0) is 53.3 Å². The van der Waals surface area contributed by atoms with Gasteiger partial charge in [0.1, 0.15) is 0 Å². The smallest absolute Gasteiger partial charge is 0.0927 e. The van der Waals surface area contributed by atoms with Crippen LogP contribution in [0.4, 0.5) is 0 Å². The highest BCUT2D eigenvalue weighted by Crippen LogP contribution is 2.29. The molecule has 2 heterocycles. The van der Waals surface area contributed by atoms with Crippen LogP contribution >= 0.6 is 0 Å². The average Bonchev–Trinajstić information content (AvgIpc) is 3.55. The maximum absolute atomic E-state index is 4.56. The topological polar surface area (TPSA) is 57.4 Å². The molecule has 0 unspecified atom stereocenters. The molecule has 5 aromatic rings. The van der Waals surface area contributed by atoms with Gasteiger partial charge in [-0.2, -0.15) is 10.2 Å². The first-order chi connectivity index (χ1) is 15.7. The van der Waals surface area contributed by atoms with Crippen LogP contribution in [0.15, 0.2) is 84.9 Å². The molecule has 0 saturated carbocycles. The van der Waals surface area contributed by atoms with E-state index in [1.165, 1.54) is 11.1 Å². The van der Waals surface area contributed by atoms with E-state index in [2.05, 4.69) is 119 Å². The summed E-state index contributed by atoms with van der Waals surface area (Å²) in [4.78, 5) is 0. The van der Waals surface area contributed by atoms with Crippen LogP contribution in [0.1, 0.15) is 25.0 Å². The Balaban J connectivity index is 1.40. The zero-order valence-electron chi connectivity index (χ0n) is 18.4. The minimum atomic E-state index is 0.923. The highest BCUT2D eigenvalue weighted by Gasteiger charge is 2.10. The van der Waals surface area contributed by atoms with Gasteiger partial charge >= 0.3 is 0 Å². The molecular weight excluding hydrogens is 392 g/mol. The SMILES string of the molecule is CCc1ccc(-c2cc(-c3cccc(-c4cc(-c5ccc(CC)cc5)[nH]n4)c3)n[nH]2)cc1. The molecule has 0 aliphatic rings. The van der Waals surface area contributed by atoms with Crippen molar-refractivity contribution in [3.8, 4) is 45.0 Å². The molecule has 4 heteroatoms. The first-order valence-electron chi connectivity index (χ1n) is 11.1. The second-order valence-electron chi connectivity index (χ2n) is 8.02. The summed E-state index contributed by atoms with van der Waals surface area (Å²) in [5.41, 5.74) is 11.0. The molecule has 0 spiro atoms. The number of aromatic amines is 2. The Morgan fingerprint density at radius 2 is 0.969 bits per heavy atom. The lowest BCUT2D eigenvalue weighted by molar-refractivity contribution is 1.09. The molecule has 5 rings (SSSR count). The molecule has 0 bridgehead atoms. The highest BCUT2D eigenvalue weighted by molar-refractivity contribution is 5.74. The zero-order chi connectivity index (χ0) is 21.9. The quantitative estimate of drug-likeness (QED) is 0.314. The van der Waals surface area contributed by atoms with Crippen LogP contribution in [0.5, 0.6) is 0 Å². The van der Waals surface area contributed by atoms with Crippen molar-refractivity contribution in [2.75, 3.05) is 0 Å². The van der Waals surface area contributed by atoms with Gasteiger partial charge in [0.15, 0.2) is 0 Å². The number of hydrogen-bond donors (Lipinski definition) is 2. The van der Waals surface area contributed by atoms with Crippen LogP contribution in [0.25, 0.3) is 45.0 Å². The van der Waals surface area contributed by atoms with Crippen molar-refractivity contribution >= 4 is 0 Å². The summed E-state index contributed by atoms with van der Waals surface area (Å²) in [6, 6.07) is 29.8. The lowest BCUT2D eigenvalue weighted by Crippen LogP contribution is -1.82. The first kappa shape index (κ1) is 20.0. The van der Waals surface area contributed by atoms with Gasteiger partial charge in [0.2, 0.25) is 0 Å². The number of rotatable bonds is 6. The van der Waals surface area contributed by atoms with Crippen molar-refractivity contribution in [3.05, 3.63) is 96.1 Å². The van der Waals surface area contributed by atoms with Crippen LogP contribution in [-0.4, -0.2) is 20.4 Å². The van der Waals surface area contributed by atoms with E-state index in [1.807, 2.05) is 0 Å². The maximum atomic E-state index is 4.56. The third-order valence-corrected chi connectivity index (χ3v) is 5.96. The minimum Gasteiger partial charge on any atom is -0.277 e. The van der Waals surface area contributed by atoms with Crippen molar-refractivity contribution in [1.82, 2.24) is 20.4 Å². The van der Waals surface area contributed by atoms with E-state index < -0.39 is 0 Å². The fraction of sp³-hybridized carbons (Fsp3) is 0.143. The Kier molecular flexibility index (Phi) is 5.42. The molecule has 0 aliphatic carbocycles. The van der Waals surface area contributed by atoms with Gasteiger partial charge in [-0.3, -0.25) is 10.2 Å². The summed E-state index contributed by atoms with van der Waals surface area (Å²) >= 11 is 0. The summed E-state index contributed by atoms with van der Waals surface area (Å²) in [5.74, 6) is 0. The van der Waals surface area contributed by atoms with Crippen molar-refractivity contribution in [1.29, 1.82) is 0 Å². The van der Waals surface area contributed by atoms with Crippen molar-refractivity contribution in [3.63, 3.8) is 0 Å². The molecule has 0 atom stereocenters. The van der Waals surface area contributed by atoms with Crippen LogP contribution in [0.2, 0.25) is 0 Å². The Morgan fingerprint density at radius 3 is 1.38 bits per heavy atom. The van der Waals surface area contributed by atoms with Crippen molar-refractivity contribution < 1.29 is 0 Å². The number of nitrogens with zero attached hydrogens (tertiary/aromatic N) is 2. The molecule has 2 aromatic heterocycles. The number of H-pyrrole nitrogens is 2. The fourth-order valence-corrected chi connectivity index (χ4v) is 3.91. The van der Waals surface area contributed by atoms with Crippen LogP contribution in [0, 0.1) is 0 Å². The Bertz CT molecular complexity index is 1220. The van der Waals surface area contributed by atoms with E-state index in [0.717, 1.165) is 57.9 Å². The Morgan fingerprint density at radius 1 is 0.531 bits per heavy atom. The van der Waals surface area contributed by atoms with E-state index in [-0.39, 0.29) is 0 Å². The van der Waals surface area contributed by atoms with Gasteiger partial charge in [-0.1, -0.05) is 80.6 Å².